The number of aromatic amines is 2. The molecule has 9 rings (SSSR count). The van der Waals surface area contributed by atoms with Crippen molar-refractivity contribution >= 4 is 46.4 Å². The van der Waals surface area contributed by atoms with Crippen molar-refractivity contribution in [2.75, 3.05) is 61.1 Å². The smallest absolute Gasteiger partial charge is 0.124 e. The maximum Gasteiger partial charge on any atom is 0.124 e. The third kappa shape index (κ3) is 20.5. The third-order valence-electron chi connectivity index (χ3n) is 17.6. The summed E-state index contributed by atoms with van der Waals surface area (Å²) in [6, 6.07) is 43.2. The molecule has 484 valence electrons. The Morgan fingerprint density at radius 1 is 0.308 bits per heavy atom. The summed E-state index contributed by atoms with van der Waals surface area (Å²) in [5.74, 6) is 3.45. The average Bonchev–Trinajstić information content (AvgIpc) is 1.69. The predicted octanol–water partition coefficient (Wildman–Crippen LogP) is 21.8. The van der Waals surface area contributed by atoms with Crippen LogP contribution in [0.1, 0.15) is 198 Å². The molecule has 4 aromatic carbocycles. The van der Waals surface area contributed by atoms with Gasteiger partial charge < -0.3 is 38.7 Å². The van der Waals surface area contributed by atoms with Crippen LogP contribution in [0.2, 0.25) is 0 Å². The fourth-order valence-corrected chi connectivity index (χ4v) is 12.7. The standard InChI is InChI=1S/C81H106N6O4/c1-8-11-14-17-20-23-26-29-56-88-65-40-32-61(33-41-65)78-70-48-50-72(82-70)79(62-34-42-66(43-35-62)89-57-30-27-24-21-18-15-12-9-2)74-52-54-76(84-74)81(64-38-46-68(47-39-64)91-69(59-86(4)5)60-87(6)7)77-55-53-75(85-77)80(73-51-49-71(78)83-73)63-36-44-67(45-37-63)90-58-31-28-25-22-19-16-13-10-3/h32-55,69,82-83H,8-31,56-60H2,1-7H3. The van der Waals surface area contributed by atoms with Gasteiger partial charge in [-0.25, -0.2) is 9.97 Å². The fourth-order valence-electron chi connectivity index (χ4n) is 12.7. The Labute approximate surface area is 546 Å². The molecule has 0 unspecified atom stereocenters. The molecule has 0 saturated heterocycles. The molecule has 0 atom stereocenters. The molecule has 0 fully saturated rings. The Kier molecular flexibility index (Phi) is 27.3. The Hall–Kier alpha value is -7.40. The number of H-pyrrole nitrogens is 2. The lowest BCUT2D eigenvalue weighted by Gasteiger charge is -2.25. The Morgan fingerprint density at radius 2 is 0.571 bits per heavy atom. The number of aromatic nitrogens is 4. The number of hydrogen-bond donors (Lipinski definition) is 2. The van der Waals surface area contributed by atoms with Crippen LogP contribution in [0, 0.1) is 0 Å². The quantitative estimate of drug-likeness (QED) is 0.0366. The SMILES string of the molecule is CCCCCCCCCCOc1ccc(-c2c3nc(c(-c4ccc(OC(CN(C)C)CN(C)C)cc4)c4nc(c(-c5ccc(OCCCCCCCCCC)cc5)c5ccc([nH]5)c(-c5ccc(OCCCCCCCCCC)cc5)c5ccc2[nH]5)C=C4)C=C3)cc1. The highest BCUT2D eigenvalue weighted by atomic mass is 16.5. The third-order valence-corrected chi connectivity index (χ3v) is 17.6. The van der Waals surface area contributed by atoms with Crippen molar-refractivity contribution in [3.63, 3.8) is 0 Å². The molecule has 8 bridgehead atoms. The molecule has 0 radical (unpaired) electrons. The van der Waals surface area contributed by atoms with Crippen molar-refractivity contribution in [3.05, 3.63) is 144 Å². The van der Waals surface area contributed by atoms with Gasteiger partial charge in [-0.3, -0.25) is 0 Å². The summed E-state index contributed by atoms with van der Waals surface area (Å²) in [4.78, 5) is 23.6. The summed E-state index contributed by atoms with van der Waals surface area (Å²) in [5.41, 5.74) is 15.3. The van der Waals surface area contributed by atoms with Crippen LogP contribution in [0.5, 0.6) is 23.0 Å². The molecule has 10 heteroatoms. The maximum atomic E-state index is 6.68. The van der Waals surface area contributed by atoms with Crippen LogP contribution in [0.25, 0.3) is 90.9 Å². The molecule has 0 saturated carbocycles. The molecule has 10 nitrogen and oxygen atoms in total. The van der Waals surface area contributed by atoms with E-state index in [-0.39, 0.29) is 6.10 Å². The summed E-state index contributed by atoms with van der Waals surface area (Å²) >= 11 is 0. The number of unbranched alkanes of at least 4 members (excludes halogenated alkanes) is 21. The lowest BCUT2D eigenvalue weighted by atomic mass is 10.0. The fraction of sp³-hybridized carbons (Fsp3) is 0.457. The van der Waals surface area contributed by atoms with Crippen molar-refractivity contribution in [1.29, 1.82) is 0 Å². The topological polar surface area (TPSA) is 101 Å². The zero-order chi connectivity index (χ0) is 63.4. The highest BCUT2D eigenvalue weighted by molar-refractivity contribution is 6.00. The number of nitrogens with one attached hydrogen (secondary N) is 2. The number of rotatable bonds is 40. The van der Waals surface area contributed by atoms with E-state index in [0.717, 1.165) is 145 Å². The lowest BCUT2D eigenvalue weighted by Crippen LogP contribution is -2.38. The van der Waals surface area contributed by atoms with Crippen LogP contribution < -0.4 is 18.9 Å². The monoisotopic (exact) mass is 1230 g/mol. The van der Waals surface area contributed by atoms with Crippen molar-refractivity contribution < 1.29 is 18.9 Å². The normalized spacial score (nSPS) is 12.1. The van der Waals surface area contributed by atoms with Gasteiger partial charge in [0.1, 0.15) is 29.1 Å². The highest BCUT2D eigenvalue weighted by Crippen LogP contribution is 2.40. The van der Waals surface area contributed by atoms with Gasteiger partial charge in [-0.05, 0) is 167 Å². The first-order chi connectivity index (χ1) is 44.7. The van der Waals surface area contributed by atoms with E-state index in [2.05, 4.69) is 214 Å². The van der Waals surface area contributed by atoms with Gasteiger partial charge in [0.15, 0.2) is 0 Å². The molecule has 0 spiro atoms. The number of ether oxygens (including phenoxy) is 4. The van der Waals surface area contributed by atoms with Crippen molar-refractivity contribution in [1.82, 2.24) is 29.7 Å². The summed E-state index contributed by atoms with van der Waals surface area (Å²) < 4.78 is 25.8. The van der Waals surface area contributed by atoms with Gasteiger partial charge in [0, 0.05) is 57.4 Å². The van der Waals surface area contributed by atoms with E-state index in [1.807, 2.05) is 0 Å². The van der Waals surface area contributed by atoms with Crippen LogP contribution in [-0.2, 0) is 0 Å². The minimum Gasteiger partial charge on any atom is -0.494 e. The molecule has 5 heterocycles. The second kappa shape index (κ2) is 36.6. The van der Waals surface area contributed by atoms with Crippen molar-refractivity contribution in [2.45, 2.75) is 181 Å². The summed E-state index contributed by atoms with van der Waals surface area (Å²) in [7, 11) is 8.37. The second-order valence-electron chi connectivity index (χ2n) is 25.8. The molecule has 0 aliphatic carbocycles. The molecule has 91 heavy (non-hydrogen) atoms. The number of benzene rings is 4. The molecule has 2 aliphatic heterocycles. The first-order valence-electron chi connectivity index (χ1n) is 35.1. The van der Waals surface area contributed by atoms with E-state index in [1.54, 1.807) is 0 Å². The number of nitrogens with zero attached hydrogens (tertiary/aromatic N) is 4. The summed E-state index contributed by atoms with van der Waals surface area (Å²) in [6.45, 7) is 10.6. The summed E-state index contributed by atoms with van der Waals surface area (Å²) in [6.07, 6.45) is 39.0. The maximum absolute atomic E-state index is 6.68. The lowest BCUT2D eigenvalue weighted by molar-refractivity contribution is 0.128. The molecule has 7 aromatic rings. The van der Waals surface area contributed by atoms with Gasteiger partial charge in [-0.1, -0.05) is 204 Å². The van der Waals surface area contributed by atoms with Crippen molar-refractivity contribution in [3.8, 4) is 67.5 Å². The van der Waals surface area contributed by atoms with Gasteiger partial charge in [0.05, 0.1) is 42.6 Å². The van der Waals surface area contributed by atoms with Gasteiger partial charge in [-0.2, -0.15) is 0 Å². The van der Waals surface area contributed by atoms with Crippen LogP contribution in [0.4, 0.5) is 0 Å². The van der Waals surface area contributed by atoms with Crippen LogP contribution >= 0.6 is 0 Å². The van der Waals surface area contributed by atoms with E-state index in [0.29, 0.717) is 19.8 Å². The van der Waals surface area contributed by atoms with Crippen LogP contribution in [0.15, 0.2) is 121 Å². The zero-order valence-corrected chi connectivity index (χ0v) is 56.4. The van der Waals surface area contributed by atoms with Gasteiger partial charge in [0.2, 0.25) is 0 Å². The highest BCUT2D eigenvalue weighted by Gasteiger charge is 2.21. The molecular formula is C81H106N6O4. The molecular weight excluding hydrogens is 1120 g/mol. The molecule has 3 aromatic heterocycles. The van der Waals surface area contributed by atoms with Gasteiger partial charge in [-0.15, -0.1) is 0 Å². The van der Waals surface area contributed by atoms with Crippen LogP contribution in [0.3, 0.4) is 0 Å². The molecule has 0 amide bonds. The minimum absolute atomic E-state index is 0.0104. The van der Waals surface area contributed by atoms with Gasteiger partial charge >= 0.3 is 0 Å². The average molecular weight is 1230 g/mol. The molecule has 2 aliphatic rings. The largest absolute Gasteiger partial charge is 0.494 e. The Bertz CT molecular complexity index is 3350. The van der Waals surface area contributed by atoms with Crippen molar-refractivity contribution in [2.24, 2.45) is 0 Å². The van der Waals surface area contributed by atoms with E-state index in [4.69, 9.17) is 28.9 Å². The van der Waals surface area contributed by atoms with Crippen LogP contribution in [-0.4, -0.2) is 96.9 Å². The predicted molar refractivity (Wildman–Crippen MR) is 386 cm³/mol. The van der Waals surface area contributed by atoms with E-state index >= 15 is 0 Å². The number of fused-ring (bicyclic) bond motifs is 8. The number of likely N-dealkylation sites (N-methyl/N-ethyl adjacent to an activating group) is 2. The second-order valence-corrected chi connectivity index (χ2v) is 25.8. The van der Waals surface area contributed by atoms with E-state index < -0.39 is 0 Å². The Morgan fingerprint density at radius 3 is 0.890 bits per heavy atom. The minimum atomic E-state index is -0.0104. The first kappa shape index (κ1) is 68.0. The number of hydrogen-bond acceptors (Lipinski definition) is 8. The summed E-state index contributed by atoms with van der Waals surface area (Å²) in [5, 5.41) is 0. The Balaban J connectivity index is 1.14. The first-order valence-corrected chi connectivity index (χ1v) is 35.1. The molecule has 2 N–H and O–H groups in total. The van der Waals surface area contributed by atoms with E-state index in [9.17, 15) is 0 Å². The zero-order valence-electron chi connectivity index (χ0n) is 56.4. The van der Waals surface area contributed by atoms with E-state index in [1.165, 1.54) is 135 Å². The van der Waals surface area contributed by atoms with Gasteiger partial charge in [0.25, 0.3) is 0 Å².